The molecule has 1 aliphatic carbocycles. The highest BCUT2D eigenvalue weighted by Gasteiger charge is 2.25. The van der Waals surface area contributed by atoms with Crippen LogP contribution in [0.5, 0.6) is 0 Å². The van der Waals surface area contributed by atoms with Crippen molar-refractivity contribution in [1.29, 1.82) is 0 Å². The van der Waals surface area contributed by atoms with Crippen LogP contribution in [0, 0.1) is 13.8 Å². The average molecular weight is 987 g/mol. The van der Waals surface area contributed by atoms with Crippen molar-refractivity contribution in [3.63, 3.8) is 0 Å². The van der Waals surface area contributed by atoms with E-state index in [2.05, 4.69) is 19.1 Å². The van der Waals surface area contributed by atoms with Gasteiger partial charge in [0, 0.05) is 33.3 Å². The van der Waals surface area contributed by atoms with Gasteiger partial charge >= 0.3 is 0 Å². The first kappa shape index (κ1) is 63.5. The molecule has 0 atom stereocenters. The molecule has 73 heavy (non-hydrogen) atoms. The first-order valence-corrected chi connectivity index (χ1v) is 24.2. The van der Waals surface area contributed by atoms with Crippen molar-refractivity contribution in [1.82, 2.24) is 0 Å². The van der Waals surface area contributed by atoms with Crippen molar-refractivity contribution >= 4 is 23.1 Å². The van der Waals surface area contributed by atoms with Gasteiger partial charge in [0.15, 0.2) is 23.1 Å². The summed E-state index contributed by atoms with van der Waals surface area (Å²) in [5.74, 6) is 0.498. The number of carbonyl (C=O) groups is 4. The maximum absolute atomic E-state index is 11.9. The van der Waals surface area contributed by atoms with Crippen LogP contribution in [0.15, 0.2) is 212 Å². The molecule has 8 aromatic rings. The third-order valence-electron chi connectivity index (χ3n) is 9.88. The number of hydrogen-bond acceptors (Lipinski definition) is 4. The Balaban J connectivity index is -0.000000411. The molecule has 0 N–H and O–H groups in total. The second-order valence-electron chi connectivity index (χ2n) is 14.4. The molecule has 0 saturated carbocycles. The minimum atomic E-state index is 0.106. The first-order chi connectivity index (χ1) is 37.6. The molecule has 0 fully saturated rings. The molecule has 9 rings (SSSR count). The standard InChI is InChI=1S/2C14H12O.C13H8O.C9H10O.C7H8.4C2H6.4CH4/c2*1-11(15)13-9-5-6-10-14(13)12-7-3-2-4-8-12;14-13-11-7-3-1-5-9(11)10-6-2-4-8-12(10)13;1-7-5-3-4-6-9(7)8(2)10;1-7-5-3-2-4-6-7;4*1-2;;;;/h2*2-10H,1H3;1-8H;3-6H,1-2H3;2-6H,1H3;4*1-2H3;4*1H4/i;;;;;;;;;4*1D. The fourth-order valence-electron chi connectivity index (χ4n) is 6.80. The number of carbonyl (C=O) groups excluding carboxylic acids is 4. The second-order valence-corrected chi connectivity index (χ2v) is 14.4. The molecule has 4 heteroatoms. The van der Waals surface area contributed by atoms with Crippen LogP contribution < -0.4 is 0 Å². The molecule has 0 spiro atoms. The van der Waals surface area contributed by atoms with Crippen molar-refractivity contribution in [2.75, 3.05) is 0 Å². The van der Waals surface area contributed by atoms with Gasteiger partial charge in [-0.1, -0.05) is 303 Å². The topological polar surface area (TPSA) is 68.3 Å². The number of rotatable bonds is 5. The Hall–Kier alpha value is -7.56. The van der Waals surface area contributed by atoms with Gasteiger partial charge in [0.1, 0.15) is 0 Å². The summed E-state index contributed by atoms with van der Waals surface area (Å²) in [6, 6.07) is 68.7. The highest BCUT2D eigenvalue weighted by Crippen LogP contribution is 2.35. The van der Waals surface area contributed by atoms with Gasteiger partial charge in [-0.2, -0.15) is 0 Å². The van der Waals surface area contributed by atoms with Crippen LogP contribution in [-0.2, 0) is 0 Å². The lowest BCUT2D eigenvalue weighted by Gasteiger charge is -2.06. The van der Waals surface area contributed by atoms with Gasteiger partial charge in [-0.05, 0) is 73.6 Å². The number of ketones is 4. The molecule has 4 nitrogen and oxygen atoms in total. The molecule has 390 valence electrons. The minimum Gasteiger partial charge on any atom is -0.295 e. The summed E-state index contributed by atoms with van der Waals surface area (Å²) in [4.78, 5) is 45.6. The number of fused-ring (bicyclic) bond motifs is 3. The zero-order chi connectivity index (χ0) is 59.6. The van der Waals surface area contributed by atoms with Crippen LogP contribution in [0.3, 0.4) is 0 Å². The lowest BCUT2D eigenvalue weighted by Crippen LogP contribution is -1.95. The van der Waals surface area contributed by atoms with E-state index < -0.39 is 0 Å². The third kappa shape index (κ3) is 23.5. The molecular weight excluding hydrogens is 893 g/mol. The maximum atomic E-state index is 11.9. The summed E-state index contributed by atoms with van der Waals surface area (Å²) in [7, 11) is 5.00. The second kappa shape index (κ2) is 42.2. The average Bonchev–Trinajstić information content (AvgIpc) is 3.81. The molecule has 0 radical (unpaired) electrons. The van der Waals surface area contributed by atoms with Crippen molar-refractivity contribution in [3.8, 4) is 33.4 Å². The van der Waals surface area contributed by atoms with Crippen LogP contribution >= 0.6 is 0 Å². The molecule has 0 saturated heterocycles. The zero-order valence-electron chi connectivity index (χ0n) is 51.3. The summed E-state index contributed by atoms with van der Waals surface area (Å²) in [5.41, 5.74) is 12.7. The minimum absolute atomic E-state index is 0.106. The van der Waals surface area contributed by atoms with Crippen molar-refractivity contribution in [2.45, 2.75) is 120 Å². The summed E-state index contributed by atoms with van der Waals surface area (Å²) >= 11 is 0. The van der Waals surface area contributed by atoms with Gasteiger partial charge in [0.25, 0.3) is 0 Å². The van der Waals surface area contributed by atoms with E-state index >= 15 is 0 Å². The SMILES string of the molecule is CC.CC.CC.CC.CC(=O)c1ccccc1-c1ccccc1.CC(=O)c1ccccc1-c1ccccc1.CC(=O)c1ccccc1C.Cc1ccccc1.O=C1c2ccccc2-c2ccccc21.[2H]C.[2H]C.[2H]C.[2H]C. The van der Waals surface area contributed by atoms with Crippen molar-refractivity contribution < 1.29 is 24.7 Å². The molecule has 0 aliphatic heterocycles. The van der Waals surface area contributed by atoms with Gasteiger partial charge in [-0.3, -0.25) is 19.2 Å². The molecule has 0 heterocycles. The molecule has 1 aliphatic rings. The number of benzene rings is 8. The van der Waals surface area contributed by atoms with Gasteiger partial charge < -0.3 is 0 Å². The lowest BCUT2D eigenvalue weighted by atomic mass is 9.98. The van der Waals surface area contributed by atoms with Crippen LogP contribution in [0.2, 0.25) is 0 Å². The van der Waals surface area contributed by atoms with Gasteiger partial charge in [-0.15, -0.1) is 0 Å². The maximum Gasteiger partial charge on any atom is 0.194 e. The van der Waals surface area contributed by atoms with Crippen LogP contribution in [-0.4, -0.2) is 23.1 Å². The van der Waals surface area contributed by atoms with E-state index in [4.69, 9.17) is 5.48 Å². The van der Waals surface area contributed by atoms with E-state index in [0.29, 0.717) is 0 Å². The van der Waals surface area contributed by atoms with Gasteiger partial charge in [0.05, 0.1) is 0 Å². The highest BCUT2D eigenvalue weighted by atomic mass is 16.1. The molecule has 0 unspecified atom stereocenters. The molecular formula is C69H90O4. The van der Waals surface area contributed by atoms with E-state index in [1.165, 1.54) is 35.2 Å². The monoisotopic (exact) mass is 987 g/mol. The molecule has 0 aromatic heterocycles. The van der Waals surface area contributed by atoms with E-state index in [9.17, 15) is 19.2 Å². The van der Waals surface area contributed by atoms with Gasteiger partial charge in [-0.25, -0.2) is 0 Å². The van der Waals surface area contributed by atoms with Crippen LogP contribution in [0.25, 0.3) is 33.4 Å². The summed E-state index contributed by atoms with van der Waals surface area (Å²) in [6.07, 6.45) is 0. The van der Waals surface area contributed by atoms with Crippen LogP contribution in [0.1, 0.15) is 169 Å². The largest absolute Gasteiger partial charge is 0.295 e. The predicted octanol–water partition coefficient (Wildman–Crippen LogP) is 20.9. The first-order valence-electron chi connectivity index (χ1n) is 28.2. The smallest absolute Gasteiger partial charge is 0.194 e. The van der Waals surface area contributed by atoms with Crippen molar-refractivity contribution in [2.24, 2.45) is 0 Å². The van der Waals surface area contributed by atoms with E-state index in [-0.39, 0.29) is 23.1 Å². The molecule has 0 bridgehead atoms. The third-order valence-corrected chi connectivity index (χ3v) is 9.88. The Kier molecular flexibility index (Phi) is 36.6. The lowest BCUT2D eigenvalue weighted by molar-refractivity contribution is 0.100. The zero-order valence-corrected chi connectivity index (χ0v) is 47.3. The number of Topliss-reactive ketones (excluding diaryl/α,β-unsaturated/α-hetero) is 3. The number of hydrogen-bond donors (Lipinski definition) is 0. The summed E-state index contributed by atoms with van der Waals surface area (Å²) in [5, 5.41) is 0. The van der Waals surface area contributed by atoms with Gasteiger partial charge in [0.2, 0.25) is 0 Å². The Morgan fingerprint density at radius 2 is 0.534 bits per heavy atom. The molecule has 0 amide bonds. The number of aryl methyl sites for hydroxylation is 2. The Labute approximate surface area is 450 Å². The summed E-state index contributed by atoms with van der Waals surface area (Å²) in [6.45, 7) is 24.8. The highest BCUT2D eigenvalue weighted by molar-refractivity contribution is 6.21. The fraction of sp³-hybridized carbons (Fsp3) is 0.246. The Morgan fingerprint density at radius 3 is 0.795 bits per heavy atom. The Morgan fingerprint density at radius 1 is 0.301 bits per heavy atom. The molecule has 8 aromatic carbocycles. The Bertz CT molecular complexity index is 2580. The van der Waals surface area contributed by atoms with E-state index in [1.54, 1.807) is 20.8 Å². The van der Waals surface area contributed by atoms with Crippen molar-refractivity contribution in [3.05, 3.63) is 251 Å². The quantitative estimate of drug-likeness (QED) is 0.161. The fourth-order valence-corrected chi connectivity index (χ4v) is 6.80. The normalized spacial score (nSPS) is 9.30. The predicted molar refractivity (Wildman–Crippen MR) is 324 cm³/mol. The summed E-state index contributed by atoms with van der Waals surface area (Å²) < 4.78 is 23.0. The van der Waals surface area contributed by atoms with E-state index in [0.717, 1.165) is 66.8 Å². The van der Waals surface area contributed by atoms with E-state index in [1.807, 2.05) is 263 Å². The van der Waals surface area contributed by atoms with Crippen LogP contribution in [0.4, 0.5) is 0 Å².